The standard InChI is InChI=1S/C13H25NO2S/c15-9-5-10-17-11-8-14-13(16)12-6-3-1-2-4-7-12/h12,15H,1-11H2,(H,14,16). The molecule has 1 saturated carbocycles. The molecule has 0 aromatic carbocycles. The molecule has 100 valence electrons. The van der Waals surface area contributed by atoms with Crippen LogP contribution >= 0.6 is 11.8 Å². The summed E-state index contributed by atoms with van der Waals surface area (Å²) in [4.78, 5) is 11.9. The van der Waals surface area contributed by atoms with E-state index in [0.29, 0.717) is 0 Å². The van der Waals surface area contributed by atoms with Crippen molar-refractivity contribution in [2.45, 2.75) is 44.9 Å². The fraction of sp³-hybridized carbons (Fsp3) is 0.923. The van der Waals surface area contributed by atoms with E-state index in [0.717, 1.165) is 37.3 Å². The molecule has 0 spiro atoms. The number of rotatable bonds is 7. The van der Waals surface area contributed by atoms with Crippen molar-refractivity contribution in [3.63, 3.8) is 0 Å². The van der Waals surface area contributed by atoms with Gasteiger partial charge in [-0.1, -0.05) is 25.7 Å². The maximum atomic E-state index is 11.9. The summed E-state index contributed by atoms with van der Waals surface area (Å²) in [5.41, 5.74) is 0. The number of amides is 1. The minimum Gasteiger partial charge on any atom is -0.396 e. The highest BCUT2D eigenvalue weighted by atomic mass is 32.2. The first kappa shape index (κ1) is 14.8. The minimum atomic E-state index is 0.259. The Labute approximate surface area is 109 Å². The molecule has 0 heterocycles. The van der Waals surface area contributed by atoms with Crippen LogP contribution < -0.4 is 5.32 Å². The Morgan fingerprint density at radius 3 is 2.53 bits per heavy atom. The Bertz CT molecular complexity index is 204. The molecule has 2 N–H and O–H groups in total. The molecular weight excluding hydrogens is 234 g/mol. The summed E-state index contributed by atoms with van der Waals surface area (Å²) in [5, 5.41) is 11.7. The molecule has 1 aliphatic rings. The van der Waals surface area contributed by atoms with Crippen molar-refractivity contribution in [3.8, 4) is 0 Å². The predicted molar refractivity (Wildman–Crippen MR) is 73.2 cm³/mol. The van der Waals surface area contributed by atoms with E-state index in [4.69, 9.17) is 5.11 Å². The second kappa shape index (κ2) is 9.77. The summed E-state index contributed by atoms with van der Waals surface area (Å²) >= 11 is 1.80. The Kier molecular flexibility index (Phi) is 8.53. The van der Waals surface area contributed by atoms with Crippen molar-refractivity contribution in [2.75, 3.05) is 24.7 Å². The summed E-state index contributed by atoms with van der Waals surface area (Å²) in [6, 6.07) is 0. The van der Waals surface area contributed by atoms with Gasteiger partial charge < -0.3 is 10.4 Å². The van der Waals surface area contributed by atoms with E-state index in [1.54, 1.807) is 11.8 Å². The highest BCUT2D eigenvalue weighted by Crippen LogP contribution is 2.22. The van der Waals surface area contributed by atoms with Gasteiger partial charge in [-0.15, -0.1) is 0 Å². The van der Waals surface area contributed by atoms with Gasteiger partial charge in [-0.25, -0.2) is 0 Å². The van der Waals surface area contributed by atoms with Crippen LogP contribution in [-0.2, 0) is 4.79 Å². The van der Waals surface area contributed by atoms with Crippen molar-refractivity contribution in [2.24, 2.45) is 5.92 Å². The van der Waals surface area contributed by atoms with Crippen LogP contribution in [0.15, 0.2) is 0 Å². The lowest BCUT2D eigenvalue weighted by Gasteiger charge is -2.13. The second-order valence-electron chi connectivity index (χ2n) is 4.67. The Hall–Kier alpha value is -0.220. The molecule has 0 atom stereocenters. The van der Waals surface area contributed by atoms with Gasteiger partial charge in [0, 0.05) is 24.8 Å². The van der Waals surface area contributed by atoms with E-state index in [9.17, 15) is 4.79 Å². The molecule has 0 bridgehead atoms. The van der Waals surface area contributed by atoms with Gasteiger partial charge in [-0.05, 0) is 25.0 Å². The number of nitrogens with one attached hydrogen (secondary N) is 1. The molecule has 0 unspecified atom stereocenters. The van der Waals surface area contributed by atoms with Gasteiger partial charge in [-0.2, -0.15) is 11.8 Å². The smallest absolute Gasteiger partial charge is 0.223 e. The molecule has 1 fully saturated rings. The topological polar surface area (TPSA) is 49.3 Å². The van der Waals surface area contributed by atoms with Gasteiger partial charge in [0.2, 0.25) is 5.91 Å². The maximum Gasteiger partial charge on any atom is 0.223 e. The van der Waals surface area contributed by atoms with Crippen LogP contribution in [-0.4, -0.2) is 35.7 Å². The zero-order valence-corrected chi connectivity index (χ0v) is 11.4. The van der Waals surface area contributed by atoms with Crippen LogP contribution in [0.4, 0.5) is 0 Å². The number of aliphatic hydroxyl groups is 1. The van der Waals surface area contributed by atoms with Crippen molar-refractivity contribution in [1.82, 2.24) is 5.32 Å². The predicted octanol–water partition coefficient (Wildman–Crippen LogP) is 2.19. The van der Waals surface area contributed by atoms with E-state index < -0.39 is 0 Å². The third-order valence-electron chi connectivity index (χ3n) is 3.22. The average molecular weight is 259 g/mol. The van der Waals surface area contributed by atoms with Crippen LogP contribution in [0, 0.1) is 5.92 Å². The van der Waals surface area contributed by atoms with Crippen LogP contribution in [0.2, 0.25) is 0 Å². The van der Waals surface area contributed by atoms with Crippen molar-refractivity contribution < 1.29 is 9.90 Å². The molecule has 0 saturated heterocycles. The van der Waals surface area contributed by atoms with Gasteiger partial charge in [-0.3, -0.25) is 4.79 Å². The number of hydrogen-bond acceptors (Lipinski definition) is 3. The number of thioether (sulfide) groups is 1. The molecule has 0 aromatic heterocycles. The van der Waals surface area contributed by atoms with E-state index in [1.807, 2.05) is 0 Å². The molecular formula is C13H25NO2S. The van der Waals surface area contributed by atoms with Crippen LogP contribution in [0.1, 0.15) is 44.9 Å². The molecule has 0 aliphatic heterocycles. The molecule has 1 amide bonds. The first-order valence-electron chi connectivity index (χ1n) is 6.81. The number of aliphatic hydroxyl groups excluding tert-OH is 1. The van der Waals surface area contributed by atoms with Crippen molar-refractivity contribution >= 4 is 17.7 Å². The van der Waals surface area contributed by atoms with Gasteiger partial charge in [0.05, 0.1) is 0 Å². The van der Waals surface area contributed by atoms with Crippen molar-refractivity contribution in [1.29, 1.82) is 0 Å². The maximum absolute atomic E-state index is 11.9. The zero-order chi connectivity index (χ0) is 12.3. The number of carbonyl (C=O) groups is 1. The molecule has 17 heavy (non-hydrogen) atoms. The summed E-state index contributed by atoms with van der Waals surface area (Å²) in [6.45, 7) is 1.03. The van der Waals surface area contributed by atoms with Crippen LogP contribution in [0.3, 0.4) is 0 Å². The summed E-state index contributed by atoms with van der Waals surface area (Å²) in [6.07, 6.45) is 8.00. The zero-order valence-electron chi connectivity index (χ0n) is 10.6. The monoisotopic (exact) mass is 259 g/mol. The normalized spacial score (nSPS) is 17.7. The molecule has 3 nitrogen and oxygen atoms in total. The van der Waals surface area contributed by atoms with Gasteiger partial charge in [0.1, 0.15) is 0 Å². The lowest BCUT2D eigenvalue weighted by molar-refractivity contribution is -0.125. The van der Waals surface area contributed by atoms with Crippen LogP contribution in [0.25, 0.3) is 0 Å². The van der Waals surface area contributed by atoms with Crippen molar-refractivity contribution in [3.05, 3.63) is 0 Å². The SMILES string of the molecule is O=C(NCCSCCCO)C1CCCCCC1. The van der Waals surface area contributed by atoms with E-state index in [2.05, 4.69) is 5.32 Å². The van der Waals surface area contributed by atoms with Gasteiger partial charge in [0.15, 0.2) is 0 Å². The van der Waals surface area contributed by atoms with Gasteiger partial charge >= 0.3 is 0 Å². The van der Waals surface area contributed by atoms with Crippen LogP contribution in [0.5, 0.6) is 0 Å². The first-order chi connectivity index (χ1) is 8.34. The lowest BCUT2D eigenvalue weighted by atomic mass is 10.00. The highest BCUT2D eigenvalue weighted by Gasteiger charge is 2.19. The average Bonchev–Trinajstić information content (AvgIpc) is 2.62. The summed E-state index contributed by atoms with van der Waals surface area (Å²) in [5.74, 6) is 2.46. The third-order valence-corrected chi connectivity index (χ3v) is 4.29. The lowest BCUT2D eigenvalue weighted by Crippen LogP contribution is -2.32. The summed E-state index contributed by atoms with van der Waals surface area (Å²) < 4.78 is 0. The highest BCUT2D eigenvalue weighted by molar-refractivity contribution is 7.99. The number of carbonyl (C=O) groups excluding carboxylic acids is 1. The van der Waals surface area contributed by atoms with E-state index in [-0.39, 0.29) is 18.4 Å². The van der Waals surface area contributed by atoms with E-state index in [1.165, 1.54) is 25.7 Å². The molecule has 1 aliphatic carbocycles. The Balaban J connectivity index is 2.03. The largest absolute Gasteiger partial charge is 0.396 e. The fourth-order valence-corrected chi connectivity index (χ4v) is 2.98. The molecule has 0 aromatic rings. The number of hydrogen-bond donors (Lipinski definition) is 2. The minimum absolute atomic E-state index is 0.259. The van der Waals surface area contributed by atoms with Gasteiger partial charge in [0.25, 0.3) is 0 Å². The molecule has 4 heteroatoms. The summed E-state index contributed by atoms with van der Waals surface area (Å²) in [7, 11) is 0. The quantitative estimate of drug-likeness (QED) is 0.544. The molecule has 1 rings (SSSR count). The Morgan fingerprint density at radius 1 is 1.18 bits per heavy atom. The third kappa shape index (κ3) is 6.94. The second-order valence-corrected chi connectivity index (χ2v) is 5.89. The first-order valence-corrected chi connectivity index (χ1v) is 7.96. The Morgan fingerprint density at radius 2 is 1.88 bits per heavy atom. The van der Waals surface area contributed by atoms with E-state index >= 15 is 0 Å². The fourth-order valence-electron chi connectivity index (χ4n) is 2.20. The molecule has 0 radical (unpaired) electrons.